The average molecular weight is 670 g/mol. The van der Waals surface area contributed by atoms with E-state index in [0.717, 1.165) is 16.2 Å². The van der Waals surface area contributed by atoms with Crippen molar-refractivity contribution < 1.29 is 38.6 Å². The van der Waals surface area contributed by atoms with Crippen molar-refractivity contribution in [3.05, 3.63) is 57.6 Å². The molecule has 1 fully saturated rings. The predicted octanol–water partition coefficient (Wildman–Crippen LogP) is 0.165. The number of imidazole rings is 1. The van der Waals surface area contributed by atoms with Gasteiger partial charge in [0.05, 0.1) is 5.56 Å². The van der Waals surface area contributed by atoms with Gasteiger partial charge >= 0.3 is 41.5 Å². The number of aromatic nitrogens is 3. The zero-order chi connectivity index (χ0) is 31.2. The van der Waals surface area contributed by atoms with Gasteiger partial charge in [-0.25, -0.2) is 23.5 Å². The van der Waals surface area contributed by atoms with Crippen LogP contribution in [0.25, 0.3) is 5.65 Å². The first-order valence-corrected chi connectivity index (χ1v) is 14.6. The van der Waals surface area contributed by atoms with Gasteiger partial charge in [-0.05, 0) is 19.9 Å². The third kappa shape index (κ3) is 6.14. The van der Waals surface area contributed by atoms with E-state index in [1.807, 2.05) is 0 Å². The Balaban J connectivity index is 0.00000442. The number of nitrogens with two attached hydrogens (primary N) is 1. The number of rotatable bonds is 9. The first kappa shape index (κ1) is 33.2. The molecule has 0 aliphatic carbocycles. The Hall–Kier alpha value is -3.66. The number of amides is 2. The molecule has 2 amide bonds. The van der Waals surface area contributed by atoms with Crippen molar-refractivity contribution in [2.75, 3.05) is 11.5 Å². The number of carbonyl (C=O) groups is 4. The zero-order valence-electron chi connectivity index (χ0n) is 22.3. The zero-order valence-corrected chi connectivity index (χ0v) is 24.7. The maximum atomic E-state index is 13.3. The molecule has 19 heteroatoms. The summed E-state index contributed by atoms with van der Waals surface area (Å²) < 4.78 is 3.52. The van der Waals surface area contributed by atoms with Gasteiger partial charge in [-0.3, -0.25) is 14.5 Å². The molecule has 2 aliphatic rings. The summed E-state index contributed by atoms with van der Waals surface area (Å²) in [6.45, 7) is 2.60. The summed E-state index contributed by atoms with van der Waals surface area (Å²) in [4.78, 5) is 60.6. The van der Waals surface area contributed by atoms with Crippen LogP contribution in [-0.2, 0) is 30.6 Å². The van der Waals surface area contributed by atoms with Crippen LogP contribution < -0.4 is 15.5 Å². The normalized spacial score (nSPS) is 18.2. The molecule has 0 bridgehead atoms. The molecule has 224 valence electrons. The van der Waals surface area contributed by atoms with Gasteiger partial charge < -0.3 is 26.1 Å². The second-order valence-electron chi connectivity index (χ2n) is 9.86. The second kappa shape index (κ2) is 12.8. The van der Waals surface area contributed by atoms with Gasteiger partial charge in [0.1, 0.15) is 58.3 Å². The molecule has 1 saturated heterocycles. The minimum absolute atomic E-state index is 0. The van der Waals surface area contributed by atoms with Gasteiger partial charge in [0, 0.05) is 17.4 Å². The summed E-state index contributed by atoms with van der Waals surface area (Å²) in [5, 5.41) is 34.1. The summed E-state index contributed by atoms with van der Waals surface area (Å²) in [6, 6.07) is 4.32. The Morgan fingerprint density at radius 1 is 1.36 bits per heavy atom. The maximum absolute atomic E-state index is 13.3. The van der Waals surface area contributed by atoms with Crippen LogP contribution in [0.2, 0.25) is 4.34 Å². The summed E-state index contributed by atoms with van der Waals surface area (Å²) >= 11 is 8.29. The van der Waals surface area contributed by atoms with Crippen LogP contribution in [-0.4, -0.2) is 106 Å². The number of hydrogen-bond acceptors (Lipinski definition) is 11. The molecular weight excluding hydrogens is 647 g/mol. The van der Waals surface area contributed by atoms with E-state index in [4.69, 9.17) is 27.4 Å². The average Bonchev–Trinajstić information content (AvgIpc) is 3.51. The predicted molar refractivity (Wildman–Crippen MR) is 160 cm³/mol. The van der Waals surface area contributed by atoms with E-state index in [2.05, 4.69) is 21.5 Å². The van der Waals surface area contributed by atoms with Crippen molar-refractivity contribution in [3.8, 4) is 6.07 Å². The second-order valence-corrected chi connectivity index (χ2v) is 12.6. The van der Waals surface area contributed by atoms with E-state index < -0.39 is 46.5 Å². The number of anilines is 1. The van der Waals surface area contributed by atoms with E-state index in [-0.39, 0.29) is 62.7 Å². The summed E-state index contributed by atoms with van der Waals surface area (Å²) in [7, 11) is 0. The summed E-state index contributed by atoms with van der Waals surface area (Å²) in [5.74, 6) is -4.03. The molecule has 0 unspecified atom stereocenters. The molecule has 0 spiro atoms. The Kier molecular flexibility index (Phi) is 9.63. The quantitative estimate of drug-likeness (QED) is 0.0791. The Bertz CT molecular complexity index is 1810. The third-order valence-corrected chi connectivity index (χ3v) is 9.03. The number of carboxylic acids is 2. The van der Waals surface area contributed by atoms with Crippen LogP contribution in [0.4, 0.5) is 5.13 Å². The van der Waals surface area contributed by atoms with Crippen molar-refractivity contribution in [2.24, 2.45) is 5.16 Å². The van der Waals surface area contributed by atoms with Gasteiger partial charge in [-0.15, -0.1) is 11.8 Å². The number of nitrogens with one attached hydrogen (secondary N) is 1. The van der Waals surface area contributed by atoms with Crippen molar-refractivity contribution >= 4 is 105 Å². The third-order valence-electron chi connectivity index (χ3n) is 6.60. The number of β-lactam (4-membered cyclic amide) rings is 1. The fourth-order valence-corrected chi connectivity index (χ4v) is 6.64. The Labute approximate surface area is 284 Å². The van der Waals surface area contributed by atoms with Crippen molar-refractivity contribution in [1.29, 1.82) is 5.26 Å². The topological polar surface area (TPSA) is 217 Å². The molecule has 0 saturated carbocycles. The Morgan fingerprint density at radius 2 is 2.09 bits per heavy atom. The van der Waals surface area contributed by atoms with Crippen LogP contribution in [0.5, 0.6) is 0 Å². The molecule has 0 radical (unpaired) electrons. The van der Waals surface area contributed by atoms with E-state index in [9.17, 15) is 29.4 Å². The van der Waals surface area contributed by atoms with Crippen LogP contribution in [0.3, 0.4) is 0 Å². The Morgan fingerprint density at radius 3 is 2.70 bits per heavy atom. The van der Waals surface area contributed by atoms with Gasteiger partial charge in [0.25, 0.3) is 17.5 Å². The number of nitriles is 1. The molecule has 15 nitrogen and oxygen atoms in total. The molecule has 2 atom stereocenters. The number of nitrogen functional groups attached to an aromatic ring is 1. The minimum atomic E-state index is -1.82. The number of thioether (sulfide) groups is 1. The van der Waals surface area contributed by atoms with Gasteiger partial charge in [0.2, 0.25) is 5.60 Å². The number of thiazole rings is 1. The SMILES string of the molecule is CC(C)(O/N=C(\C(=O)N[C@@H]1C(=O)N2C(C(=O)O)=C(Cn3cc[n+]4cc(C#N)ccc34)CS[C@H]12)c1nc(N)sc1Cl)C(=O)O.[NaH]. The number of hydrogen-bond donors (Lipinski definition) is 4. The molecule has 5 heterocycles. The van der Waals surface area contributed by atoms with Gasteiger partial charge in [0.15, 0.2) is 10.8 Å². The number of nitrogens with zero attached hydrogens (tertiary/aromatic N) is 6. The van der Waals surface area contributed by atoms with E-state index in [0.29, 0.717) is 16.8 Å². The van der Waals surface area contributed by atoms with E-state index in [1.165, 1.54) is 25.6 Å². The molecule has 0 aromatic carbocycles. The first-order valence-electron chi connectivity index (χ1n) is 12.3. The molecule has 3 aromatic rings. The molecule has 44 heavy (non-hydrogen) atoms. The number of carbonyl (C=O) groups excluding carboxylic acids is 2. The molecule has 5 N–H and O–H groups in total. The number of fused-ring (bicyclic) bond motifs is 2. The van der Waals surface area contributed by atoms with E-state index >= 15 is 0 Å². The fourth-order valence-electron chi connectivity index (χ4n) is 4.38. The van der Waals surface area contributed by atoms with Crippen LogP contribution >= 0.6 is 34.7 Å². The molecule has 2 aliphatic heterocycles. The number of carboxylic acid groups (broad SMARTS) is 2. The standard InChI is InChI=1S/C25H21ClN8O7S2.Na.H/c1-25(2,23(39)40)41-31-15(14-18(26)43-24(28)30-14)19(35)29-16-20(36)34-17(22(37)38)12(10-42-21(16)34)9-33-6-5-32-8-11(7-27)3-4-13(32)33;;/h3-6,8,16,21H,9-10H2,1-2H3,(H4-,28,29,30,35,37,38,39,40);;/p+1/b31-15-;;/t16-,21-;;/m1../s1. The number of aliphatic carboxylic acids is 2. The molecular formula is C25H23ClN8NaO7S2+. The number of pyridine rings is 1. The monoisotopic (exact) mass is 669 g/mol. The van der Waals surface area contributed by atoms with Crippen LogP contribution in [0.1, 0.15) is 25.1 Å². The first-order chi connectivity index (χ1) is 20.3. The van der Waals surface area contributed by atoms with E-state index in [1.54, 1.807) is 39.7 Å². The van der Waals surface area contributed by atoms with Crippen molar-refractivity contribution in [1.82, 2.24) is 19.8 Å². The number of halogens is 1. The van der Waals surface area contributed by atoms with Crippen molar-refractivity contribution in [2.45, 2.75) is 37.4 Å². The fraction of sp³-hybridized carbons (Fsp3) is 0.280. The van der Waals surface area contributed by atoms with Crippen LogP contribution in [0.15, 0.2) is 47.1 Å². The summed E-state index contributed by atoms with van der Waals surface area (Å²) in [5.41, 5.74) is 4.67. The van der Waals surface area contributed by atoms with Gasteiger partial charge in [-0.1, -0.05) is 28.1 Å². The van der Waals surface area contributed by atoms with Crippen LogP contribution in [0, 0.1) is 11.3 Å². The summed E-state index contributed by atoms with van der Waals surface area (Å²) in [6.07, 6.45) is 5.12. The number of oxime groups is 1. The molecule has 3 aromatic heterocycles. The van der Waals surface area contributed by atoms with Crippen molar-refractivity contribution in [3.63, 3.8) is 0 Å². The molecule has 5 rings (SSSR count). The van der Waals surface area contributed by atoms with Gasteiger partial charge in [-0.2, -0.15) is 5.26 Å².